The highest BCUT2D eigenvalue weighted by Crippen LogP contribution is 2.23. The third-order valence-electron chi connectivity index (χ3n) is 2.42. The molecule has 0 saturated heterocycles. The van der Waals surface area contributed by atoms with Gasteiger partial charge in [0.25, 0.3) is 0 Å². The lowest BCUT2D eigenvalue weighted by Crippen LogP contribution is -1.98. The minimum atomic E-state index is -0.0825. The molecule has 1 heteroatoms. The Kier molecular flexibility index (Phi) is 3.07. The van der Waals surface area contributed by atoms with Crippen molar-refractivity contribution >= 4 is 0 Å². The molecule has 0 aliphatic carbocycles. The number of hydrogen-bond acceptors (Lipinski definition) is 0. The molecule has 0 saturated carbocycles. The van der Waals surface area contributed by atoms with Crippen LogP contribution in [0, 0.1) is 12.7 Å². The summed E-state index contributed by atoms with van der Waals surface area (Å²) < 4.78 is 13.3. The van der Waals surface area contributed by atoms with Crippen molar-refractivity contribution in [1.29, 1.82) is 0 Å². The topological polar surface area (TPSA) is 0 Å². The third kappa shape index (κ3) is 2.09. The Morgan fingerprint density at radius 1 is 1.31 bits per heavy atom. The average Bonchev–Trinajstić information content (AvgIpc) is 2.08. The van der Waals surface area contributed by atoms with Crippen LogP contribution in [0.15, 0.2) is 12.1 Å². The van der Waals surface area contributed by atoms with Crippen molar-refractivity contribution in [3.05, 3.63) is 34.6 Å². The van der Waals surface area contributed by atoms with Crippen molar-refractivity contribution in [2.45, 2.75) is 40.0 Å². The highest BCUT2D eigenvalue weighted by molar-refractivity contribution is 5.34. The summed E-state index contributed by atoms with van der Waals surface area (Å²) in [4.78, 5) is 0. The van der Waals surface area contributed by atoms with Crippen molar-refractivity contribution < 1.29 is 4.39 Å². The van der Waals surface area contributed by atoms with Crippen molar-refractivity contribution in [3.63, 3.8) is 0 Å². The van der Waals surface area contributed by atoms with Crippen LogP contribution in [0.2, 0.25) is 0 Å². The van der Waals surface area contributed by atoms with Gasteiger partial charge >= 0.3 is 0 Å². The Balaban J connectivity index is 3.25. The van der Waals surface area contributed by atoms with E-state index in [1.165, 1.54) is 5.56 Å². The van der Waals surface area contributed by atoms with Crippen LogP contribution in [0.5, 0.6) is 0 Å². The summed E-state index contributed by atoms with van der Waals surface area (Å²) in [5.41, 5.74) is 3.17. The lowest BCUT2D eigenvalue weighted by molar-refractivity contribution is 0.612. The lowest BCUT2D eigenvalue weighted by Gasteiger charge is -2.12. The molecule has 0 N–H and O–H groups in total. The van der Waals surface area contributed by atoms with Gasteiger partial charge in [-0.1, -0.05) is 26.8 Å². The average molecular weight is 180 g/mol. The van der Waals surface area contributed by atoms with Crippen LogP contribution in [0.1, 0.15) is 43.4 Å². The molecule has 0 nitrogen and oxygen atoms in total. The van der Waals surface area contributed by atoms with E-state index in [0.717, 1.165) is 17.5 Å². The van der Waals surface area contributed by atoms with Crippen LogP contribution < -0.4 is 0 Å². The summed E-state index contributed by atoms with van der Waals surface area (Å²) >= 11 is 0. The third-order valence-corrected chi connectivity index (χ3v) is 2.42. The molecule has 0 aliphatic heterocycles. The number of aryl methyl sites for hydroxylation is 2. The maximum atomic E-state index is 13.3. The van der Waals surface area contributed by atoms with Crippen molar-refractivity contribution in [2.75, 3.05) is 0 Å². The molecule has 0 bridgehead atoms. The smallest absolute Gasteiger partial charge is 0.126 e. The van der Waals surface area contributed by atoms with E-state index in [1.807, 2.05) is 13.0 Å². The van der Waals surface area contributed by atoms with E-state index in [9.17, 15) is 4.39 Å². The predicted molar refractivity (Wildman–Crippen MR) is 54.6 cm³/mol. The van der Waals surface area contributed by atoms with Gasteiger partial charge in [0.15, 0.2) is 0 Å². The van der Waals surface area contributed by atoms with Crippen LogP contribution >= 0.6 is 0 Å². The van der Waals surface area contributed by atoms with E-state index in [0.29, 0.717) is 5.92 Å². The summed E-state index contributed by atoms with van der Waals surface area (Å²) in [7, 11) is 0. The van der Waals surface area contributed by atoms with Gasteiger partial charge in [0, 0.05) is 0 Å². The molecule has 13 heavy (non-hydrogen) atoms. The Morgan fingerprint density at radius 2 is 1.92 bits per heavy atom. The maximum absolute atomic E-state index is 13.3. The molecule has 0 aliphatic rings. The summed E-state index contributed by atoms with van der Waals surface area (Å²) in [6.45, 7) is 8.13. The van der Waals surface area contributed by atoms with Gasteiger partial charge in [0.2, 0.25) is 0 Å². The fourth-order valence-electron chi connectivity index (χ4n) is 1.60. The van der Waals surface area contributed by atoms with Gasteiger partial charge in [0.05, 0.1) is 0 Å². The zero-order valence-corrected chi connectivity index (χ0v) is 8.82. The fourth-order valence-corrected chi connectivity index (χ4v) is 1.60. The highest BCUT2D eigenvalue weighted by Gasteiger charge is 2.08. The number of hydrogen-bond donors (Lipinski definition) is 0. The molecule has 0 amide bonds. The first-order chi connectivity index (χ1) is 6.06. The summed E-state index contributed by atoms with van der Waals surface area (Å²) in [5, 5.41) is 0. The van der Waals surface area contributed by atoms with Crippen LogP contribution in [0.4, 0.5) is 4.39 Å². The summed E-state index contributed by atoms with van der Waals surface area (Å²) in [6.07, 6.45) is 0.981. The highest BCUT2D eigenvalue weighted by atomic mass is 19.1. The van der Waals surface area contributed by atoms with E-state index in [4.69, 9.17) is 0 Å². The maximum Gasteiger partial charge on any atom is 0.126 e. The molecule has 1 aromatic rings. The molecule has 1 rings (SSSR count). The number of halogens is 1. The second kappa shape index (κ2) is 3.91. The molecule has 0 radical (unpaired) electrons. The fraction of sp³-hybridized carbons (Fsp3) is 0.500. The van der Waals surface area contributed by atoms with Crippen LogP contribution in [0.3, 0.4) is 0 Å². The van der Waals surface area contributed by atoms with E-state index in [2.05, 4.69) is 20.8 Å². The monoisotopic (exact) mass is 180 g/mol. The zero-order chi connectivity index (χ0) is 10.0. The molecule has 0 unspecified atom stereocenters. The number of rotatable bonds is 2. The van der Waals surface area contributed by atoms with Crippen LogP contribution in [-0.4, -0.2) is 0 Å². The van der Waals surface area contributed by atoms with Gasteiger partial charge in [-0.2, -0.15) is 0 Å². The molecule has 0 spiro atoms. The molecule has 0 heterocycles. The van der Waals surface area contributed by atoms with Gasteiger partial charge in [-0.25, -0.2) is 4.39 Å². The predicted octanol–water partition coefficient (Wildman–Crippen LogP) is 3.82. The Labute approximate surface area is 79.8 Å². The van der Waals surface area contributed by atoms with Gasteiger partial charge in [-0.05, 0) is 42.0 Å². The summed E-state index contributed by atoms with van der Waals surface area (Å²) in [6, 6.07) is 3.64. The van der Waals surface area contributed by atoms with Gasteiger partial charge in [-0.15, -0.1) is 0 Å². The number of benzene rings is 1. The first-order valence-electron chi connectivity index (χ1n) is 4.85. The molecule has 72 valence electrons. The molecule has 0 fully saturated rings. The lowest BCUT2D eigenvalue weighted by atomic mass is 9.94. The molecular weight excluding hydrogens is 163 g/mol. The molecule has 1 aromatic carbocycles. The quantitative estimate of drug-likeness (QED) is 0.649. The zero-order valence-electron chi connectivity index (χ0n) is 8.82. The largest absolute Gasteiger partial charge is 0.207 e. The Hall–Kier alpha value is -0.850. The Bertz CT molecular complexity index is 300. The second-order valence-electron chi connectivity index (χ2n) is 3.81. The van der Waals surface area contributed by atoms with Gasteiger partial charge in [-0.3, -0.25) is 0 Å². The first kappa shape index (κ1) is 10.2. The van der Waals surface area contributed by atoms with Crippen molar-refractivity contribution in [3.8, 4) is 0 Å². The standard InChI is InChI=1S/C12H17F/c1-5-10-6-9(4)12(13)7-11(10)8(2)3/h6-8H,5H2,1-4H3. The Morgan fingerprint density at radius 3 is 2.38 bits per heavy atom. The first-order valence-corrected chi connectivity index (χ1v) is 4.85. The van der Waals surface area contributed by atoms with E-state index < -0.39 is 0 Å². The van der Waals surface area contributed by atoms with Gasteiger partial charge < -0.3 is 0 Å². The van der Waals surface area contributed by atoms with Crippen LogP contribution in [0.25, 0.3) is 0 Å². The van der Waals surface area contributed by atoms with Crippen LogP contribution in [-0.2, 0) is 6.42 Å². The van der Waals surface area contributed by atoms with Gasteiger partial charge in [0.1, 0.15) is 5.82 Å². The molecule has 0 atom stereocenters. The SMILES string of the molecule is CCc1cc(C)c(F)cc1C(C)C. The normalized spacial score (nSPS) is 10.9. The van der Waals surface area contributed by atoms with E-state index >= 15 is 0 Å². The molecule has 0 aromatic heterocycles. The second-order valence-corrected chi connectivity index (χ2v) is 3.81. The van der Waals surface area contributed by atoms with Crippen molar-refractivity contribution in [2.24, 2.45) is 0 Å². The van der Waals surface area contributed by atoms with Crippen molar-refractivity contribution in [1.82, 2.24) is 0 Å². The summed E-state index contributed by atoms with van der Waals surface area (Å²) in [5.74, 6) is 0.325. The van der Waals surface area contributed by atoms with E-state index in [-0.39, 0.29) is 5.82 Å². The molecular formula is C12H17F. The minimum Gasteiger partial charge on any atom is -0.207 e. The minimum absolute atomic E-state index is 0.0825. The van der Waals surface area contributed by atoms with E-state index in [1.54, 1.807) is 6.07 Å².